The van der Waals surface area contributed by atoms with Crippen molar-refractivity contribution >= 4 is 29.2 Å². The van der Waals surface area contributed by atoms with Gasteiger partial charge in [0.2, 0.25) is 11.8 Å². The van der Waals surface area contributed by atoms with Crippen molar-refractivity contribution in [2.75, 3.05) is 5.32 Å². The summed E-state index contributed by atoms with van der Waals surface area (Å²) in [5.41, 5.74) is 4.55. The number of hydrazone groups is 1. The second-order valence-corrected chi connectivity index (χ2v) is 4.31. The van der Waals surface area contributed by atoms with Crippen LogP contribution in [0.1, 0.15) is 18.4 Å². The van der Waals surface area contributed by atoms with E-state index in [0.29, 0.717) is 24.6 Å². The maximum atomic E-state index is 11.4. The molecule has 1 aromatic carbocycles. The largest absolute Gasteiger partial charge is 0.545 e. The van der Waals surface area contributed by atoms with Gasteiger partial charge in [-0.3, -0.25) is 9.59 Å². The highest BCUT2D eigenvalue weighted by molar-refractivity contribution is 6.05. The van der Waals surface area contributed by atoms with Gasteiger partial charge in [-0.15, -0.1) is 0 Å². The molecule has 0 radical (unpaired) electrons. The van der Waals surface area contributed by atoms with Crippen LogP contribution < -0.4 is 15.8 Å². The molecule has 108 valence electrons. The van der Waals surface area contributed by atoms with E-state index in [-0.39, 0.29) is 5.91 Å². The summed E-state index contributed by atoms with van der Waals surface area (Å²) in [4.78, 5) is 32.6. The van der Waals surface area contributed by atoms with Gasteiger partial charge in [-0.1, -0.05) is 12.1 Å². The molecule has 1 heterocycles. The first-order chi connectivity index (χ1) is 10.0. The second-order valence-electron chi connectivity index (χ2n) is 4.31. The molecule has 0 saturated heterocycles. The van der Waals surface area contributed by atoms with Crippen LogP contribution in [0, 0.1) is 0 Å². The molecular weight excluding hydrogens is 274 g/mol. The number of carbonyl (C=O) groups is 3. The molecule has 0 aliphatic carbocycles. The van der Waals surface area contributed by atoms with Gasteiger partial charge in [-0.2, -0.15) is 5.10 Å². The molecule has 1 aromatic rings. The van der Waals surface area contributed by atoms with Gasteiger partial charge in [0.1, 0.15) is 0 Å². The minimum absolute atomic E-state index is 0.109. The number of hydrogen-bond donors (Lipinski definition) is 2. The van der Waals surface area contributed by atoms with Crippen LogP contribution in [-0.4, -0.2) is 23.5 Å². The number of hydrogen-bond acceptors (Lipinski definition) is 5. The van der Waals surface area contributed by atoms with Gasteiger partial charge in [0.15, 0.2) is 0 Å². The summed E-state index contributed by atoms with van der Waals surface area (Å²) in [6.45, 7) is 0. The molecule has 2 amide bonds. The Hall–Kier alpha value is -2.96. The molecule has 1 aliphatic heterocycles. The van der Waals surface area contributed by atoms with E-state index >= 15 is 0 Å². The van der Waals surface area contributed by atoms with E-state index in [4.69, 9.17) is 0 Å². The predicted octanol–water partition coefficient (Wildman–Crippen LogP) is -0.455. The van der Waals surface area contributed by atoms with Crippen molar-refractivity contribution in [2.45, 2.75) is 12.8 Å². The van der Waals surface area contributed by atoms with Gasteiger partial charge in [-0.25, -0.2) is 5.43 Å². The van der Waals surface area contributed by atoms with Crippen LogP contribution in [0.2, 0.25) is 0 Å². The molecule has 7 heteroatoms. The number of benzene rings is 1. The number of anilines is 1. The molecule has 21 heavy (non-hydrogen) atoms. The minimum atomic E-state index is -1.43. The average molecular weight is 286 g/mol. The molecule has 0 unspecified atom stereocenters. The Balaban J connectivity index is 2.01. The van der Waals surface area contributed by atoms with Crippen LogP contribution in [0.4, 0.5) is 5.69 Å². The SMILES string of the molecule is O=C([O-])/C=C/C(=O)Nc1ccc(C2=NNC(=O)CC2)cc1. The Morgan fingerprint density at radius 3 is 2.48 bits per heavy atom. The Morgan fingerprint density at radius 2 is 1.90 bits per heavy atom. The smallest absolute Gasteiger partial charge is 0.248 e. The van der Waals surface area contributed by atoms with E-state index in [1.165, 1.54) is 0 Å². The number of nitrogens with zero attached hydrogens (tertiary/aromatic N) is 1. The third-order valence-electron chi connectivity index (χ3n) is 2.76. The lowest BCUT2D eigenvalue weighted by Crippen LogP contribution is -2.25. The van der Waals surface area contributed by atoms with Gasteiger partial charge in [0, 0.05) is 24.6 Å². The average Bonchev–Trinajstić information content (AvgIpc) is 2.47. The first kappa shape index (κ1) is 14.4. The van der Waals surface area contributed by atoms with Crippen molar-refractivity contribution in [2.24, 2.45) is 5.10 Å². The summed E-state index contributed by atoms with van der Waals surface area (Å²) in [5.74, 6) is -2.10. The third kappa shape index (κ3) is 4.27. The van der Waals surface area contributed by atoms with Crippen molar-refractivity contribution in [1.82, 2.24) is 5.43 Å². The standard InChI is InChI=1S/C14H13N3O4/c18-12(7-8-14(20)21)15-10-3-1-9(2-4-10)11-5-6-13(19)17-16-11/h1-4,7-8H,5-6H2,(H,15,18)(H,17,19)(H,20,21)/p-1/b8-7+. The molecule has 7 nitrogen and oxygen atoms in total. The molecule has 2 N–H and O–H groups in total. The van der Waals surface area contributed by atoms with Gasteiger partial charge in [0.05, 0.1) is 11.7 Å². The fraction of sp³-hybridized carbons (Fsp3) is 0.143. The maximum Gasteiger partial charge on any atom is 0.248 e. The van der Waals surface area contributed by atoms with Crippen molar-refractivity contribution in [3.63, 3.8) is 0 Å². The number of carboxylic acids is 1. The van der Waals surface area contributed by atoms with Crippen LogP contribution in [0.5, 0.6) is 0 Å². The topological polar surface area (TPSA) is 111 Å². The summed E-state index contributed by atoms with van der Waals surface area (Å²) in [6.07, 6.45) is 2.49. The molecule has 0 spiro atoms. The lowest BCUT2D eigenvalue weighted by atomic mass is 10.0. The number of nitrogens with one attached hydrogen (secondary N) is 2. The monoisotopic (exact) mass is 286 g/mol. The van der Waals surface area contributed by atoms with E-state index < -0.39 is 11.9 Å². The highest BCUT2D eigenvalue weighted by Gasteiger charge is 2.12. The van der Waals surface area contributed by atoms with Crippen LogP contribution in [0.15, 0.2) is 41.5 Å². The van der Waals surface area contributed by atoms with Gasteiger partial charge in [0.25, 0.3) is 0 Å². The Labute approximate surface area is 120 Å². The molecule has 2 rings (SSSR count). The van der Waals surface area contributed by atoms with Gasteiger partial charge < -0.3 is 15.2 Å². The highest BCUT2D eigenvalue weighted by atomic mass is 16.4. The van der Waals surface area contributed by atoms with Crippen molar-refractivity contribution in [3.05, 3.63) is 42.0 Å². The maximum absolute atomic E-state index is 11.4. The van der Waals surface area contributed by atoms with Crippen LogP contribution in [0.3, 0.4) is 0 Å². The lowest BCUT2D eigenvalue weighted by Gasteiger charge is -2.12. The molecule has 0 aromatic heterocycles. The quantitative estimate of drug-likeness (QED) is 0.730. The number of carboxylic acid groups (broad SMARTS) is 1. The summed E-state index contributed by atoms with van der Waals surface area (Å²) in [7, 11) is 0. The Morgan fingerprint density at radius 1 is 1.19 bits per heavy atom. The Bertz CT molecular complexity index is 632. The van der Waals surface area contributed by atoms with E-state index in [9.17, 15) is 19.5 Å². The Kier molecular flexibility index (Phi) is 4.45. The van der Waals surface area contributed by atoms with Crippen LogP contribution in [-0.2, 0) is 14.4 Å². The second kappa shape index (κ2) is 6.47. The first-order valence-corrected chi connectivity index (χ1v) is 6.20. The van der Waals surface area contributed by atoms with E-state index in [0.717, 1.165) is 17.4 Å². The molecule has 0 fully saturated rings. The van der Waals surface area contributed by atoms with Crippen molar-refractivity contribution in [1.29, 1.82) is 0 Å². The number of aliphatic carboxylic acids is 1. The summed E-state index contributed by atoms with van der Waals surface area (Å²) in [5, 5.41) is 16.7. The zero-order valence-electron chi connectivity index (χ0n) is 11.0. The zero-order valence-corrected chi connectivity index (χ0v) is 11.0. The van der Waals surface area contributed by atoms with E-state index in [2.05, 4.69) is 15.8 Å². The van der Waals surface area contributed by atoms with E-state index in [1.54, 1.807) is 24.3 Å². The summed E-state index contributed by atoms with van der Waals surface area (Å²) in [6, 6.07) is 6.85. The predicted molar refractivity (Wildman–Crippen MR) is 73.1 cm³/mol. The first-order valence-electron chi connectivity index (χ1n) is 6.20. The fourth-order valence-electron chi connectivity index (χ4n) is 1.76. The molecule has 0 bridgehead atoms. The summed E-state index contributed by atoms with van der Waals surface area (Å²) >= 11 is 0. The normalized spacial score (nSPS) is 14.5. The minimum Gasteiger partial charge on any atom is -0.545 e. The number of rotatable bonds is 4. The molecule has 1 aliphatic rings. The highest BCUT2D eigenvalue weighted by Crippen LogP contribution is 2.14. The molecule has 0 atom stereocenters. The van der Waals surface area contributed by atoms with Crippen LogP contribution in [0.25, 0.3) is 0 Å². The van der Waals surface area contributed by atoms with Crippen LogP contribution >= 0.6 is 0 Å². The number of amides is 2. The van der Waals surface area contributed by atoms with Crippen molar-refractivity contribution < 1.29 is 19.5 Å². The number of carbonyl (C=O) groups excluding carboxylic acids is 3. The third-order valence-corrected chi connectivity index (χ3v) is 2.76. The van der Waals surface area contributed by atoms with E-state index in [1.807, 2.05) is 0 Å². The fourth-order valence-corrected chi connectivity index (χ4v) is 1.76. The summed E-state index contributed by atoms with van der Waals surface area (Å²) < 4.78 is 0. The molecular formula is C14H12N3O4-. The lowest BCUT2D eigenvalue weighted by molar-refractivity contribution is -0.297. The van der Waals surface area contributed by atoms with Gasteiger partial charge >= 0.3 is 0 Å². The van der Waals surface area contributed by atoms with Crippen molar-refractivity contribution in [3.8, 4) is 0 Å². The molecule has 0 saturated carbocycles. The van der Waals surface area contributed by atoms with Gasteiger partial charge in [-0.05, 0) is 23.8 Å². The zero-order chi connectivity index (χ0) is 15.2.